The van der Waals surface area contributed by atoms with E-state index in [2.05, 4.69) is 9.97 Å². The molecule has 2 aromatic heterocycles. The highest BCUT2D eigenvalue weighted by atomic mass is 35.5. The summed E-state index contributed by atoms with van der Waals surface area (Å²) < 4.78 is 37.5. The molecule has 0 aliphatic carbocycles. The highest BCUT2D eigenvalue weighted by Gasteiger charge is 2.33. The summed E-state index contributed by atoms with van der Waals surface area (Å²) in [6.45, 7) is 0. The molecule has 0 saturated carbocycles. The molecule has 0 radical (unpaired) electrons. The Morgan fingerprint density at radius 1 is 1.08 bits per heavy atom. The van der Waals surface area contributed by atoms with Gasteiger partial charge in [0.1, 0.15) is 21.8 Å². The fourth-order valence-corrected chi connectivity index (χ4v) is 2.35. The summed E-state index contributed by atoms with van der Waals surface area (Å²) in [7, 11) is 0. The first-order valence-corrected chi connectivity index (χ1v) is 7.32. The zero-order chi connectivity index (χ0) is 17.9. The van der Waals surface area contributed by atoms with Gasteiger partial charge in [-0.2, -0.15) is 13.2 Å². The normalized spacial score (nSPS) is 11.4. The number of rotatable bonds is 5. The average Bonchev–Trinajstić information content (AvgIpc) is 2.48. The van der Waals surface area contributed by atoms with Crippen LogP contribution in [0.3, 0.4) is 0 Å². The maximum absolute atomic E-state index is 12.5. The highest BCUT2D eigenvalue weighted by molar-refractivity contribution is 6.33. The van der Waals surface area contributed by atoms with Crippen LogP contribution in [0.1, 0.15) is 28.0 Å². The smallest absolute Gasteiger partial charge is 0.299 e. The van der Waals surface area contributed by atoms with E-state index in [4.69, 9.17) is 23.2 Å². The predicted octanol–water partition coefficient (Wildman–Crippen LogP) is 4.19. The zero-order valence-electron chi connectivity index (χ0n) is 11.9. The molecule has 0 aromatic carbocycles. The van der Waals surface area contributed by atoms with Crippen molar-refractivity contribution in [2.24, 2.45) is 0 Å². The van der Waals surface area contributed by atoms with Gasteiger partial charge in [0.05, 0.1) is 12.0 Å². The van der Waals surface area contributed by atoms with Gasteiger partial charge in [0.2, 0.25) is 0 Å². The lowest BCUT2D eigenvalue weighted by atomic mass is 10.0. The Balaban J connectivity index is 2.10. The lowest BCUT2D eigenvalue weighted by Crippen LogP contribution is -2.14. The molecule has 4 nitrogen and oxygen atoms in total. The van der Waals surface area contributed by atoms with Crippen molar-refractivity contribution < 1.29 is 22.8 Å². The predicted molar refractivity (Wildman–Crippen MR) is 81.2 cm³/mol. The lowest BCUT2D eigenvalue weighted by Gasteiger charge is -2.08. The molecular formula is C15H9Cl2F3N2O2. The van der Waals surface area contributed by atoms with E-state index in [-0.39, 0.29) is 17.1 Å². The second-order valence-corrected chi connectivity index (χ2v) is 5.52. The van der Waals surface area contributed by atoms with E-state index >= 15 is 0 Å². The van der Waals surface area contributed by atoms with Crippen LogP contribution in [0.5, 0.6) is 0 Å². The van der Waals surface area contributed by atoms with Crippen LogP contribution in [0.4, 0.5) is 13.2 Å². The Morgan fingerprint density at radius 2 is 1.79 bits per heavy atom. The van der Waals surface area contributed by atoms with Crippen molar-refractivity contribution in [2.75, 3.05) is 0 Å². The molecule has 0 amide bonds. The Hall–Kier alpha value is -1.99. The molecule has 0 bridgehead atoms. The van der Waals surface area contributed by atoms with Crippen molar-refractivity contribution in [3.63, 3.8) is 0 Å². The number of hydrogen-bond donors (Lipinski definition) is 0. The van der Waals surface area contributed by atoms with Crippen molar-refractivity contribution in [1.82, 2.24) is 9.97 Å². The maximum Gasteiger partial charge on any atom is 0.433 e. The number of Topliss-reactive ketones (excluding diaryl/α,β-unsaturated/α-hetero) is 2. The van der Waals surface area contributed by atoms with Crippen LogP contribution in [0.25, 0.3) is 0 Å². The highest BCUT2D eigenvalue weighted by Crippen LogP contribution is 2.29. The van der Waals surface area contributed by atoms with Crippen molar-refractivity contribution in [1.29, 1.82) is 0 Å². The molecule has 126 valence electrons. The molecule has 0 saturated heterocycles. The molecule has 0 unspecified atom stereocenters. The third-order valence-corrected chi connectivity index (χ3v) is 3.65. The number of halogens is 5. The monoisotopic (exact) mass is 376 g/mol. The average molecular weight is 377 g/mol. The van der Waals surface area contributed by atoms with Crippen LogP contribution in [-0.4, -0.2) is 21.5 Å². The largest absolute Gasteiger partial charge is 0.433 e. The van der Waals surface area contributed by atoms with Crippen LogP contribution in [0.15, 0.2) is 30.5 Å². The van der Waals surface area contributed by atoms with Gasteiger partial charge in [-0.3, -0.25) is 9.59 Å². The summed E-state index contributed by atoms with van der Waals surface area (Å²) in [5.41, 5.74) is -0.999. The van der Waals surface area contributed by atoms with Gasteiger partial charge >= 0.3 is 6.18 Å². The van der Waals surface area contributed by atoms with E-state index < -0.39 is 35.0 Å². The first-order valence-electron chi connectivity index (χ1n) is 6.56. The second kappa shape index (κ2) is 7.27. The van der Waals surface area contributed by atoms with Crippen molar-refractivity contribution in [2.45, 2.75) is 19.0 Å². The summed E-state index contributed by atoms with van der Waals surface area (Å²) in [5, 5.41) is -0.449. The Morgan fingerprint density at radius 3 is 2.38 bits per heavy atom. The lowest BCUT2D eigenvalue weighted by molar-refractivity contribution is -0.141. The molecule has 0 fully saturated rings. The fraction of sp³-hybridized carbons (Fsp3) is 0.200. The molecule has 0 atom stereocenters. The summed E-state index contributed by atoms with van der Waals surface area (Å²) in [5.74, 6) is -1.18. The molecule has 9 heteroatoms. The molecule has 2 rings (SSSR count). The van der Waals surface area contributed by atoms with Gasteiger partial charge in [0, 0.05) is 12.6 Å². The van der Waals surface area contributed by atoms with Crippen molar-refractivity contribution >= 4 is 34.8 Å². The number of aromatic nitrogens is 2. The van der Waals surface area contributed by atoms with Crippen molar-refractivity contribution in [3.8, 4) is 0 Å². The van der Waals surface area contributed by atoms with E-state index in [0.29, 0.717) is 11.6 Å². The van der Waals surface area contributed by atoms with Gasteiger partial charge < -0.3 is 0 Å². The van der Waals surface area contributed by atoms with Crippen LogP contribution in [-0.2, 0) is 17.4 Å². The minimum absolute atomic E-state index is 0.121. The van der Waals surface area contributed by atoms with Crippen LogP contribution < -0.4 is 0 Å². The number of alkyl halides is 3. The summed E-state index contributed by atoms with van der Waals surface area (Å²) in [6.07, 6.45) is -3.87. The SMILES string of the molecule is O=C(CC(=O)c1ccc(C(F)(F)F)nc1Cl)Cc1cccnc1Cl. The number of nitrogens with zero attached hydrogens (tertiary/aromatic N) is 2. The number of pyridine rings is 2. The third-order valence-electron chi connectivity index (χ3n) is 3.02. The van der Waals surface area contributed by atoms with E-state index in [0.717, 1.165) is 6.07 Å². The van der Waals surface area contributed by atoms with E-state index in [1.165, 1.54) is 6.20 Å². The first kappa shape index (κ1) is 18.4. The van der Waals surface area contributed by atoms with Gasteiger partial charge in [-0.15, -0.1) is 0 Å². The van der Waals surface area contributed by atoms with E-state index in [1.54, 1.807) is 12.1 Å². The minimum atomic E-state index is -4.67. The first-order chi connectivity index (χ1) is 11.2. The molecule has 0 aliphatic heterocycles. The van der Waals surface area contributed by atoms with Crippen molar-refractivity contribution in [3.05, 3.63) is 57.6 Å². The third kappa shape index (κ3) is 4.52. The number of ketones is 2. The fourth-order valence-electron chi connectivity index (χ4n) is 1.90. The topological polar surface area (TPSA) is 59.9 Å². The molecule has 0 aliphatic rings. The molecule has 24 heavy (non-hydrogen) atoms. The minimum Gasteiger partial charge on any atom is -0.299 e. The summed E-state index contributed by atoms with van der Waals surface area (Å²) in [4.78, 5) is 30.9. The Labute approximate surface area is 144 Å². The van der Waals surface area contributed by atoms with Gasteiger partial charge in [0.15, 0.2) is 5.78 Å². The Bertz CT molecular complexity index is 795. The molecule has 2 heterocycles. The van der Waals surface area contributed by atoms with E-state index in [1.807, 2.05) is 0 Å². The number of carbonyl (C=O) groups excluding carboxylic acids is 2. The maximum atomic E-state index is 12.5. The van der Waals surface area contributed by atoms with Crippen LogP contribution >= 0.6 is 23.2 Å². The quantitative estimate of drug-likeness (QED) is 0.446. The van der Waals surface area contributed by atoms with Gasteiger partial charge in [0.25, 0.3) is 0 Å². The van der Waals surface area contributed by atoms with Crippen LogP contribution in [0, 0.1) is 0 Å². The summed E-state index contributed by atoms with van der Waals surface area (Å²) in [6, 6.07) is 4.73. The number of carbonyl (C=O) groups is 2. The second-order valence-electron chi connectivity index (χ2n) is 4.80. The standard InChI is InChI=1S/C15H9Cl2F3N2O2/c16-13-8(2-1-5-21-13)6-9(23)7-11(24)10-3-4-12(15(18,19)20)22-14(10)17/h1-5H,6-7H2. The zero-order valence-corrected chi connectivity index (χ0v) is 13.4. The number of hydrogen-bond acceptors (Lipinski definition) is 4. The van der Waals surface area contributed by atoms with Crippen LogP contribution in [0.2, 0.25) is 10.3 Å². The molecule has 0 spiro atoms. The Kier molecular flexibility index (Phi) is 5.56. The molecule has 0 N–H and O–H groups in total. The van der Waals surface area contributed by atoms with Gasteiger partial charge in [-0.1, -0.05) is 29.3 Å². The van der Waals surface area contributed by atoms with Gasteiger partial charge in [-0.05, 0) is 23.8 Å². The molecule has 2 aromatic rings. The summed E-state index contributed by atoms with van der Waals surface area (Å²) >= 11 is 11.4. The van der Waals surface area contributed by atoms with Gasteiger partial charge in [-0.25, -0.2) is 9.97 Å². The molecular weight excluding hydrogens is 368 g/mol. The van der Waals surface area contributed by atoms with E-state index in [9.17, 15) is 22.8 Å².